The van der Waals surface area contributed by atoms with Crippen molar-refractivity contribution in [1.82, 2.24) is 0 Å². The zero-order valence-electron chi connectivity index (χ0n) is 8.68. The molecular formula is C12H16IN. The van der Waals surface area contributed by atoms with Crippen LogP contribution in [0.15, 0.2) is 12.1 Å². The second-order valence-corrected chi connectivity index (χ2v) is 5.41. The van der Waals surface area contributed by atoms with Crippen molar-refractivity contribution in [3.05, 3.63) is 32.4 Å². The quantitative estimate of drug-likeness (QED) is 0.833. The fraction of sp³-hybridized carbons (Fsp3) is 0.500. The van der Waals surface area contributed by atoms with Crippen LogP contribution >= 0.6 is 22.6 Å². The summed E-state index contributed by atoms with van der Waals surface area (Å²) >= 11 is 2.40. The molecule has 0 aromatic heterocycles. The van der Waals surface area contributed by atoms with Gasteiger partial charge >= 0.3 is 0 Å². The van der Waals surface area contributed by atoms with Gasteiger partial charge in [0.25, 0.3) is 0 Å². The van der Waals surface area contributed by atoms with E-state index >= 15 is 0 Å². The molecule has 1 aliphatic carbocycles. The molecule has 1 saturated carbocycles. The number of halogens is 1. The molecule has 0 amide bonds. The Kier molecular flexibility index (Phi) is 2.84. The summed E-state index contributed by atoms with van der Waals surface area (Å²) in [5, 5.41) is 0. The summed E-state index contributed by atoms with van der Waals surface area (Å²) in [6.45, 7) is 4.33. The standard InChI is InChI=1S/C12H16IN/c1-7-5-10(6-8(2)11(7)13)12(14)9-3-4-9/h5-6,9,12H,3-4,14H2,1-2H3/t12-/m1/s1. The van der Waals surface area contributed by atoms with E-state index in [-0.39, 0.29) is 6.04 Å². The topological polar surface area (TPSA) is 26.0 Å². The van der Waals surface area contributed by atoms with E-state index in [1.165, 1.54) is 33.1 Å². The van der Waals surface area contributed by atoms with Crippen molar-refractivity contribution < 1.29 is 0 Å². The molecule has 0 radical (unpaired) electrons. The molecule has 1 atom stereocenters. The first kappa shape index (κ1) is 10.4. The van der Waals surface area contributed by atoms with E-state index in [1.54, 1.807) is 0 Å². The highest BCUT2D eigenvalue weighted by Crippen LogP contribution is 2.40. The van der Waals surface area contributed by atoms with Crippen molar-refractivity contribution in [3.63, 3.8) is 0 Å². The average molecular weight is 301 g/mol. The highest BCUT2D eigenvalue weighted by molar-refractivity contribution is 14.1. The first-order valence-electron chi connectivity index (χ1n) is 5.12. The van der Waals surface area contributed by atoms with Crippen molar-refractivity contribution >= 4 is 22.6 Å². The van der Waals surface area contributed by atoms with Crippen LogP contribution in [0.2, 0.25) is 0 Å². The van der Waals surface area contributed by atoms with Gasteiger partial charge in [0.2, 0.25) is 0 Å². The second kappa shape index (κ2) is 3.81. The lowest BCUT2D eigenvalue weighted by molar-refractivity contribution is 0.632. The first-order chi connectivity index (χ1) is 6.59. The Morgan fingerprint density at radius 2 is 1.79 bits per heavy atom. The predicted molar refractivity (Wildman–Crippen MR) is 68.3 cm³/mol. The first-order valence-corrected chi connectivity index (χ1v) is 6.19. The Labute approximate surface area is 99.2 Å². The number of benzene rings is 1. The van der Waals surface area contributed by atoms with Gasteiger partial charge in [0.05, 0.1) is 0 Å². The molecule has 0 heterocycles. The van der Waals surface area contributed by atoms with Crippen LogP contribution in [0.25, 0.3) is 0 Å². The van der Waals surface area contributed by atoms with E-state index in [9.17, 15) is 0 Å². The zero-order valence-corrected chi connectivity index (χ0v) is 10.8. The number of rotatable bonds is 2. The number of nitrogens with two attached hydrogens (primary N) is 1. The molecule has 0 unspecified atom stereocenters. The minimum atomic E-state index is 0.268. The average Bonchev–Trinajstić information content (AvgIpc) is 2.95. The third-order valence-electron chi connectivity index (χ3n) is 2.97. The molecule has 1 aromatic rings. The smallest absolute Gasteiger partial charge is 0.0323 e. The molecule has 14 heavy (non-hydrogen) atoms. The SMILES string of the molecule is Cc1cc([C@H](N)C2CC2)cc(C)c1I. The van der Waals surface area contributed by atoms with Crippen LogP contribution in [-0.2, 0) is 0 Å². The van der Waals surface area contributed by atoms with Crippen molar-refractivity contribution in [3.8, 4) is 0 Å². The second-order valence-electron chi connectivity index (χ2n) is 4.33. The van der Waals surface area contributed by atoms with Crippen molar-refractivity contribution in [1.29, 1.82) is 0 Å². The van der Waals surface area contributed by atoms with Gasteiger partial charge in [0.15, 0.2) is 0 Å². The molecular weight excluding hydrogens is 285 g/mol. The maximum absolute atomic E-state index is 6.19. The van der Waals surface area contributed by atoms with Gasteiger partial charge in [-0.1, -0.05) is 12.1 Å². The molecule has 76 valence electrons. The molecule has 1 aromatic carbocycles. The normalized spacial score (nSPS) is 18.3. The third-order valence-corrected chi connectivity index (χ3v) is 4.68. The molecule has 1 aliphatic rings. The Morgan fingerprint density at radius 3 is 2.21 bits per heavy atom. The van der Waals surface area contributed by atoms with Gasteiger partial charge in [-0.05, 0) is 71.9 Å². The summed E-state index contributed by atoms with van der Waals surface area (Å²) in [6.07, 6.45) is 2.62. The molecule has 0 bridgehead atoms. The van der Waals surface area contributed by atoms with E-state index in [4.69, 9.17) is 5.73 Å². The lowest BCUT2D eigenvalue weighted by atomic mass is 9.99. The summed E-state index contributed by atoms with van der Waals surface area (Å²) in [7, 11) is 0. The van der Waals surface area contributed by atoms with Crippen molar-refractivity contribution in [2.75, 3.05) is 0 Å². The monoisotopic (exact) mass is 301 g/mol. The van der Waals surface area contributed by atoms with E-state index in [2.05, 4.69) is 48.6 Å². The van der Waals surface area contributed by atoms with Gasteiger partial charge in [0, 0.05) is 9.61 Å². The lowest BCUT2D eigenvalue weighted by Gasteiger charge is -2.14. The van der Waals surface area contributed by atoms with Gasteiger partial charge in [-0.25, -0.2) is 0 Å². The summed E-state index contributed by atoms with van der Waals surface area (Å²) in [5.41, 5.74) is 10.2. The van der Waals surface area contributed by atoms with Crippen molar-refractivity contribution in [2.45, 2.75) is 32.7 Å². The van der Waals surface area contributed by atoms with E-state index in [0.717, 1.165) is 5.92 Å². The molecule has 0 saturated heterocycles. The van der Waals surface area contributed by atoms with Crippen LogP contribution in [0.3, 0.4) is 0 Å². The Morgan fingerprint density at radius 1 is 1.29 bits per heavy atom. The predicted octanol–water partition coefficient (Wildman–Crippen LogP) is 3.32. The molecule has 2 rings (SSSR count). The van der Waals surface area contributed by atoms with Crippen LogP contribution in [-0.4, -0.2) is 0 Å². The molecule has 2 heteroatoms. The fourth-order valence-electron chi connectivity index (χ4n) is 1.90. The third kappa shape index (κ3) is 1.96. The minimum Gasteiger partial charge on any atom is -0.324 e. The maximum Gasteiger partial charge on any atom is 0.0323 e. The number of hydrogen-bond acceptors (Lipinski definition) is 1. The van der Waals surface area contributed by atoms with Crippen LogP contribution in [0.5, 0.6) is 0 Å². The minimum absolute atomic E-state index is 0.268. The van der Waals surface area contributed by atoms with Crippen LogP contribution in [0.1, 0.15) is 35.6 Å². The van der Waals surface area contributed by atoms with Gasteiger partial charge in [-0.2, -0.15) is 0 Å². The zero-order chi connectivity index (χ0) is 10.3. The molecule has 0 spiro atoms. The van der Waals surface area contributed by atoms with Gasteiger partial charge in [-0.3, -0.25) is 0 Å². The fourth-order valence-corrected chi connectivity index (χ4v) is 2.21. The summed E-state index contributed by atoms with van der Waals surface area (Å²) in [5.74, 6) is 0.744. The number of hydrogen-bond donors (Lipinski definition) is 1. The Balaban J connectivity index is 2.34. The van der Waals surface area contributed by atoms with E-state index < -0.39 is 0 Å². The van der Waals surface area contributed by atoms with Crippen molar-refractivity contribution in [2.24, 2.45) is 11.7 Å². The van der Waals surface area contributed by atoms with Crippen LogP contribution in [0.4, 0.5) is 0 Å². The highest BCUT2D eigenvalue weighted by atomic mass is 127. The Hall–Kier alpha value is -0.0900. The summed E-state index contributed by atoms with van der Waals surface area (Å²) in [6, 6.07) is 4.76. The van der Waals surface area contributed by atoms with Gasteiger partial charge in [-0.15, -0.1) is 0 Å². The van der Waals surface area contributed by atoms with Crippen LogP contribution < -0.4 is 5.73 Å². The highest BCUT2D eigenvalue weighted by Gasteiger charge is 2.29. The molecule has 1 fully saturated rings. The molecule has 2 N–H and O–H groups in total. The Bertz CT molecular complexity index is 332. The summed E-state index contributed by atoms with van der Waals surface area (Å²) < 4.78 is 1.37. The van der Waals surface area contributed by atoms with Gasteiger partial charge in [0.1, 0.15) is 0 Å². The largest absolute Gasteiger partial charge is 0.324 e. The molecule has 1 nitrogen and oxygen atoms in total. The maximum atomic E-state index is 6.19. The van der Waals surface area contributed by atoms with Gasteiger partial charge < -0.3 is 5.73 Å². The lowest BCUT2D eigenvalue weighted by Crippen LogP contribution is -2.13. The summed E-state index contributed by atoms with van der Waals surface area (Å²) in [4.78, 5) is 0. The molecule has 0 aliphatic heterocycles. The van der Waals surface area contributed by atoms with Crippen LogP contribution in [0, 0.1) is 23.3 Å². The number of aryl methyl sites for hydroxylation is 2. The van der Waals surface area contributed by atoms with E-state index in [0.29, 0.717) is 0 Å². The van der Waals surface area contributed by atoms with E-state index in [1.807, 2.05) is 0 Å².